The molecule has 0 aliphatic carbocycles. The smallest absolute Gasteiger partial charge is 0.306 e. The predicted molar refractivity (Wildman–Crippen MR) is 107 cm³/mol. The molecule has 6 heteroatoms. The molecule has 0 radical (unpaired) electrons. The number of carbonyl (C=O) groups excluding carboxylic acids is 1. The summed E-state index contributed by atoms with van der Waals surface area (Å²) in [4.78, 5) is 17.5. The molecule has 0 bridgehead atoms. The highest BCUT2D eigenvalue weighted by atomic mass is 35.5. The number of furan rings is 1. The molecule has 2 aromatic carbocycles. The van der Waals surface area contributed by atoms with E-state index in [1.54, 1.807) is 30.5 Å². The molecule has 0 amide bonds. The largest absolute Gasteiger partial charge is 0.466 e. The van der Waals surface area contributed by atoms with Gasteiger partial charge in [0, 0.05) is 11.4 Å². The van der Waals surface area contributed by atoms with Crippen LogP contribution < -0.4 is 0 Å². The molecular formula is C22H20ClNO4. The first-order valence-corrected chi connectivity index (χ1v) is 9.25. The summed E-state index contributed by atoms with van der Waals surface area (Å²) in [5.74, 6) is 0.271. The van der Waals surface area contributed by atoms with E-state index in [0.29, 0.717) is 29.5 Å². The summed E-state index contributed by atoms with van der Waals surface area (Å²) in [6, 6.07) is 20.5. The van der Waals surface area contributed by atoms with Crippen LogP contribution in [0.25, 0.3) is 0 Å². The van der Waals surface area contributed by atoms with Crippen molar-refractivity contribution in [3.63, 3.8) is 0 Å². The zero-order valence-electron chi connectivity index (χ0n) is 15.2. The van der Waals surface area contributed by atoms with E-state index in [9.17, 15) is 4.79 Å². The first-order valence-electron chi connectivity index (χ1n) is 8.87. The second-order valence-electron chi connectivity index (χ2n) is 6.04. The Kier molecular flexibility index (Phi) is 7.27. The number of hydrogen-bond donors (Lipinski definition) is 0. The molecule has 0 unspecified atom stereocenters. The maximum Gasteiger partial charge on any atom is 0.306 e. The molecule has 0 aliphatic heterocycles. The lowest BCUT2D eigenvalue weighted by molar-refractivity contribution is -0.145. The maximum atomic E-state index is 12.0. The fourth-order valence-electron chi connectivity index (χ4n) is 2.48. The van der Waals surface area contributed by atoms with Crippen LogP contribution in [0.5, 0.6) is 0 Å². The highest BCUT2D eigenvalue weighted by Gasteiger charge is 2.11. The van der Waals surface area contributed by atoms with E-state index in [1.807, 2.05) is 42.5 Å². The molecule has 5 nitrogen and oxygen atoms in total. The van der Waals surface area contributed by atoms with Crippen molar-refractivity contribution < 1.29 is 18.8 Å². The number of carbonyl (C=O) groups is 1. The van der Waals surface area contributed by atoms with Gasteiger partial charge in [-0.15, -0.1) is 0 Å². The third-order valence-corrected chi connectivity index (χ3v) is 4.20. The van der Waals surface area contributed by atoms with Crippen molar-refractivity contribution in [2.45, 2.75) is 26.1 Å². The van der Waals surface area contributed by atoms with E-state index in [0.717, 1.165) is 11.1 Å². The van der Waals surface area contributed by atoms with Gasteiger partial charge in [-0.25, -0.2) is 0 Å². The van der Waals surface area contributed by atoms with E-state index in [1.165, 1.54) is 0 Å². The summed E-state index contributed by atoms with van der Waals surface area (Å²) < 4.78 is 10.4. The first-order chi connectivity index (χ1) is 13.7. The van der Waals surface area contributed by atoms with Gasteiger partial charge in [0.25, 0.3) is 0 Å². The van der Waals surface area contributed by atoms with Gasteiger partial charge in [0.2, 0.25) is 0 Å². The van der Waals surface area contributed by atoms with Crippen LogP contribution in [0.2, 0.25) is 5.02 Å². The minimum Gasteiger partial charge on any atom is -0.466 e. The van der Waals surface area contributed by atoms with Crippen molar-refractivity contribution in [2.75, 3.05) is 0 Å². The number of nitrogens with zero attached hydrogens (tertiary/aromatic N) is 1. The number of esters is 1. The second-order valence-corrected chi connectivity index (χ2v) is 6.48. The normalized spacial score (nSPS) is 11.2. The molecule has 1 heterocycles. The topological polar surface area (TPSA) is 61.0 Å². The van der Waals surface area contributed by atoms with Crippen LogP contribution in [0.15, 0.2) is 82.6 Å². The molecule has 0 N–H and O–H groups in total. The van der Waals surface area contributed by atoms with Gasteiger partial charge in [-0.2, -0.15) is 0 Å². The summed E-state index contributed by atoms with van der Waals surface area (Å²) in [5, 5.41) is 4.88. The van der Waals surface area contributed by atoms with Crippen LogP contribution in [0, 0.1) is 0 Å². The number of rotatable bonds is 9. The minimum atomic E-state index is -0.332. The molecule has 3 aromatic rings. The van der Waals surface area contributed by atoms with Crippen molar-refractivity contribution in [1.29, 1.82) is 0 Å². The van der Waals surface area contributed by atoms with Crippen LogP contribution in [-0.4, -0.2) is 11.7 Å². The van der Waals surface area contributed by atoms with Crippen molar-refractivity contribution in [2.24, 2.45) is 5.16 Å². The highest BCUT2D eigenvalue weighted by molar-refractivity contribution is 6.30. The van der Waals surface area contributed by atoms with E-state index in [2.05, 4.69) is 5.16 Å². The molecule has 0 saturated carbocycles. The van der Waals surface area contributed by atoms with Crippen molar-refractivity contribution in [1.82, 2.24) is 0 Å². The van der Waals surface area contributed by atoms with Gasteiger partial charge in [0.1, 0.15) is 19.0 Å². The fraction of sp³-hybridized carbons (Fsp3) is 0.182. The number of benzene rings is 2. The van der Waals surface area contributed by atoms with Crippen molar-refractivity contribution >= 4 is 23.3 Å². The third kappa shape index (κ3) is 6.28. The SMILES string of the molecule is O=C(CC/C(=N\OCc1ccccc1)c1ccc(Cl)cc1)OCc1ccco1. The van der Waals surface area contributed by atoms with Crippen LogP contribution in [0.3, 0.4) is 0 Å². The van der Waals surface area contributed by atoms with Gasteiger partial charge < -0.3 is 14.0 Å². The molecule has 0 atom stereocenters. The Bertz CT molecular complexity index is 890. The highest BCUT2D eigenvalue weighted by Crippen LogP contribution is 2.14. The maximum absolute atomic E-state index is 12.0. The van der Waals surface area contributed by atoms with E-state index in [-0.39, 0.29) is 19.0 Å². The Morgan fingerprint density at radius 2 is 1.71 bits per heavy atom. The van der Waals surface area contributed by atoms with Gasteiger partial charge in [-0.1, -0.05) is 59.2 Å². The Balaban J connectivity index is 1.59. The zero-order chi connectivity index (χ0) is 19.6. The Morgan fingerprint density at radius 3 is 2.43 bits per heavy atom. The molecule has 0 saturated heterocycles. The lowest BCUT2D eigenvalue weighted by Gasteiger charge is -2.08. The molecule has 144 valence electrons. The molecule has 28 heavy (non-hydrogen) atoms. The second kappa shape index (κ2) is 10.3. The van der Waals surface area contributed by atoms with Gasteiger partial charge in [-0.05, 0) is 35.4 Å². The summed E-state index contributed by atoms with van der Waals surface area (Å²) in [5.41, 5.74) is 2.51. The Hall–Kier alpha value is -3.05. The quantitative estimate of drug-likeness (QED) is 0.276. The average molecular weight is 398 g/mol. The predicted octanol–water partition coefficient (Wildman–Crippen LogP) is 5.38. The van der Waals surface area contributed by atoms with Crippen LogP contribution in [0.1, 0.15) is 29.7 Å². The standard InChI is InChI=1S/C22H20ClNO4/c23-19-10-8-18(9-11-19)21(24-28-15-17-5-2-1-3-6-17)12-13-22(25)27-16-20-7-4-14-26-20/h1-11,14H,12-13,15-16H2/b24-21+. The molecule has 1 aromatic heterocycles. The molecular weight excluding hydrogens is 378 g/mol. The van der Waals surface area contributed by atoms with Gasteiger partial charge >= 0.3 is 5.97 Å². The van der Waals surface area contributed by atoms with E-state index in [4.69, 9.17) is 25.6 Å². The third-order valence-electron chi connectivity index (χ3n) is 3.95. The average Bonchev–Trinajstić information content (AvgIpc) is 3.24. The first kappa shape index (κ1) is 19.7. The molecule has 0 fully saturated rings. The minimum absolute atomic E-state index is 0.115. The Morgan fingerprint density at radius 1 is 0.929 bits per heavy atom. The molecule has 0 spiro atoms. The number of hydrogen-bond acceptors (Lipinski definition) is 5. The number of halogens is 1. The summed E-state index contributed by atoms with van der Waals surface area (Å²) in [6.07, 6.45) is 2.10. The molecule has 0 aliphatic rings. The number of oxime groups is 1. The van der Waals surface area contributed by atoms with E-state index >= 15 is 0 Å². The van der Waals surface area contributed by atoms with Gasteiger partial charge in [0.05, 0.1) is 18.4 Å². The van der Waals surface area contributed by atoms with Gasteiger partial charge in [0.15, 0.2) is 0 Å². The fourth-order valence-corrected chi connectivity index (χ4v) is 2.61. The Labute approximate surface area is 168 Å². The van der Waals surface area contributed by atoms with Crippen molar-refractivity contribution in [3.8, 4) is 0 Å². The van der Waals surface area contributed by atoms with Crippen LogP contribution >= 0.6 is 11.6 Å². The lowest BCUT2D eigenvalue weighted by atomic mass is 10.1. The zero-order valence-corrected chi connectivity index (χ0v) is 16.0. The van der Waals surface area contributed by atoms with Gasteiger partial charge in [-0.3, -0.25) is 4.79 Å². The molecule has 3 rings (SSSR count). The van der Waals surface area contributed by atoms with E-state index < -0.39 is 0 Å². The summed E-state index contributed by atoms with van der Waals surface area (Å²) in [6.45, 7) is 0.463. The monoisotopic (exact) mass is 397 g/mol. The van der Waals surface area contributed by atoms with Crippen molar-refractivity contribution in [3.05, 3.63) is 94.9 Å². The van der Waals surface area contributed by atoms with Crippen LogP contribution in [-0.2, 0) is 27.6 Å². The number of ether oxygens (including phenoxy) is 1. The summed E-state index contributed by atoms with van der Waals surface area (Å²) >= 11 is 5.96. The van der Waals surface area contributed by atoms with Crippen LogP contribution in [0.4, 0.5) is 0 Å². The summed E-state index contributed by atoms with van der Waals surface area (Å²) in [7, 11) is 0. The lowest BCUT2D eigenvalue weighted by Crippen LogP contribution is -2.09.